The van der Waals surface area contributed by atoms with E-state index in [0.717, 1.165) is 78.8 Å². The number of rotatable bonds is 10. The van der Waals surface area contributed by atoms with E-state index in [4.69, 9.17) is 10.1 Å². The number of H-pyrrole nitrogens is 1. The molecule has 1 atom stereocenters. The van der Waals surface area contributed by atoms with E-state index >= 15 is 0 Å². The fourth-order valence-electron chi connectivity index (χ4n) is 5.55. The maximum atomic E-state index is 11.4. The van der Waals surface area contributed by atoms with Crippen LogP contribution in [0.25, 0.3) is 22.5 Å². The molecule has 38 heavy (non-hydrogen) atoms. The number of aryl methyl sites for hydroxylation is 1. The van der Waals surface area contributed by atoms with Gasteiger partial charge in [0.25, 0.3) is 0 Å². The van der Waals surface area contributed by atoms with Crippen molar-refractivity contribution in [2.24, 2.45) is 11.8 Å². The average Bonchev–Trinajstić information content (AvgIpc) is 3.63. The molecule has 9 nitrogen and oxygen atoms in total. The molecule has 4 aromatic rings. The number of hydrogen-bond donors (Lipinski definition) is 2. The van der Waals surface area contributed by atoms with Crippen molar-refractivity contribution >= 4 is 5.97 Å². The summed E-state index contributed by atoms with van der Waals surface area (Å²) >= 11 is 0. The molecule has 2 aromatic heterocycles. The number of benzene rings is 2. The molecule has 2 heterocycles. The lowest BCUT2D eigenvalue weighted by molar-refractivity contribution is -0.143. The van der Waals surface area contributed by atoms with Gasteiger partial charge in [-0.1, -0.05) is 68.8 Å². The van der Waals surface area contributed by atoms with E-state index in [1.165, 1.54) is 0 Å². The van der Waals surface area contributed by atoms with Crippen molar-refractivity contribution in [2.45, 2.75) is 71.3 Å². The maximum absolute atomic E-state index is 11.4. The first kappa shape index (κ1) is 25.8. The molecule has 1 aliphatic carbocycles. The van der Waals surface area contributed by atoms with Crippen LogP contribution in [0.15, 0.2) is 48.5 Å². The monoisotopic (exact) mass is 513 g/mol. The quantitative estimate of drug-likeness (QED) is 0.287. The van der Waals surface area contributed by atoms with Crippen LogP contribution >= 0.6 is 0 Å². The van der Waals surface area contributed by atoms with Gasteiger partial charge in [0.05, 0.1) is 12.5 Å². The molecule has 0 amide bonds. The van der Waals surface area contributed by atoms with Crippen LogP contribution in [0.1, 0.15) is 75.5 Å². The van der Waals surface area contributed by atoms with Gasteiger partial charge >= 0.3 is 5.97 Å². The van der Waals surface area contributed by atoms with Crippen LogP contribution in [0.2, 0.25) is 0 Å². The molecular formula is C29H35N7O2. The van der Waals surface area contributed by atoms with Crippen molar-refractivity contribution in [3.05, 3.63) is 65.7 Å². The highest BCUT2D eigenvalue weighted by Crippen LogP contribution is 2.38. The lowest BCUT2D eigenvalue weighted by atomic mass is 9.76. The fourth-order valence-corrected chi connectivity index (χ4v) is 5.55. The number of nitrogens with zero attached hydrogens (tertiary/aromatic N) is 6. The van der Waals surface area contributed by atoms with Crippen LogP contribution in [-0.4, -0.2) is 46.5 Å². The number of nitrogens with one attached hydrogen (secondary N) is 1. The Kier molecular flexibility index (Phi) is 7.91. The lowest BCUT2D eigenvalue weighted by Gasteiger charge is -2.30. The van der Waals surface area contributed by atoms with Crippen molar-refractivity contribution in [1.29, 1.82) is 0 Å². The molecule has 0 aliphatic heterocycles. The van der Waals surface area contributed by atoms with E-state index in [0.29, 0.717) is 18.3 Å². The van der Waals surface area contributed by atoms with Gasteiger partial charge in [0, 0.05) is 17.9 Å². The van der Waals surface area contributed by atoms with E-state index in [2.05, 4.69) is 69.5 Å². The first-order valence-corrected chi connectivity index (χ1v) is 13.6. The summed E-state index contributed by atoms with van der Waals surface area (Å²) in [6.07, 6.45) is 6.37. The molecule has 2 aromatic carbocycles. The summed E-state index contributed by atoms with van der Waals surface area (Å²) < 4.78 is 2.07. The zero-order chi connectivity index (χ0) is 26.5. The van der Waals surface area contributed by atoms with E-state index in [9.17, 15) is 9.90 Å². The Bertz CT molecular complexity index is 1340. The van der Waals surface area contributed by atoms with Gasteiger partial charge < -0.3 is 5.11 Å². The van der Waals surface area contributed by atoms with Crippen molar-refractivity contribution in [3.8, 4) is 22.5 Å². The minimum absolute atomic E-state index is 0.208. The summed E-state index contributed by atoms with van der Waals surface area (Å²) in [6.45, 7) is 5.06. The molecule has 1 aliphatic rings. The van der Waals surface area contributed by atoms with Gasteiger partial charge in [-0.15, -0.1) is 5.10 Å². The van der Waals surface area contributed by atoms with Crippen LogP contribution in [0, 0.1) is 11.8 Å². The summed E-state index contributed by atoms with van der Waals surface area (Å²) in [5.41, 5.74) is 4.26. The highest BCUT2D eigenvalue weighted by molar-refractivity contribution is 5.80. The lowest BCUT2D eigenvalue weighted by Crippen LogP contribution is -2.25. The number of carboxylic acids is 1. The Morgan fingerprint density at radius 1 is 1.08 bits per heavy atom. The molecule has 0 spiro atoms. The number of tetrazole rings is 1. The van der Waals surface area contributed by atoms with Gasteiger partial charge in [-0.2, -0.15) is 5.10 Å². The van der Waals surface area contributed by atoms with Crippen molar-refractivity contribution in [2.75, 3.05) is 0 Å². The van der Waals surface area contributed by atoms with Crippen LogP contribution in [0.4, 0.5) is 0 Å². The summed E-state index contributed by atoms with van der Waals surface area (Å²) in [6, 6.07) is 16.6. The molecule has 1 fully saturated rings. The smallest absolute Gasteiger partial charge is 0.306 e. The van der Waals surface area contributed by atoms with E-state index < -0.39 is 5.97 Å². The number of hydrogen-bond acceptors (Lipinski definition) is 6. The number of carboxylic acid groups (broad SMARTS) is 1. The molecule has 198 valence electrons. The second-order valence-electron chi connectivity index (χ2n) is 10.4. The van der Waals surface area contributed by atoms with Crippen LogP contribution < -0.4 is 0 Å². The van der Waals surface area contributed by atoms with Crippen molar-refractivity contribution in [3.63, 3.8) is 0 Å². The average molecular weight is 514 g/mol. The fraction of sp³-hybridized carbons (Fsp3) is 0.448. The van der Waals surface area contributed by atoms with Gasteiger partial charge in [0.1, 0.15) is 5.82 Å². The topological polar surface area (TPSA) is 122 Å². The van der Waals surface area contributed by atoms with Crippen molar-refractivity contribution in [1.82, 2.24) is 35.4 Å². The predicted molar refractivity (Wildman–Crippen MR) is 144 cm³/mol. The third-order valence-corrected chi connectivity index (χ3v) is 7.86. The standard InChI is InChI=1S/C29H35N7O2/c1-3-4-9-26-30-28(19(2)21-14-16-23(17-15-21)29(37)38)36(33-26)18-20-10-12-22(13-11-20)24-7-5-6-8-25(24)27-31-34-35-32-27/h5-8,10-13,19,21,23H,3-4,9,14-18H2,1-2H3,(H,37,38)(H,31,32,34,35). The molecule has 0 radical (unpaired) electrons. The Hall–Kier alpha value is -3.88. The zero-order valence-corrected chi connectivity index (χ0v) is 22.0. The first-order valence-electron chi connectivity index (χ1n) is 13.6. The Labute approximate surface area is 222 Å². The number of aromatic nitrogens is 7. The number of unbranched alkanes of at least 4 members (excludes halogenated alkanes) is 1. The third-order valence-electron chi connectivity index (χ3n) is 7.86. The van der Waals surface area contributed by atoms with Gasteiger partial charge in [-0.25, -0.2) is 14.8 Å². The van der Waals surface area contributed by atoms with Gasteiger partial charge in [-0.05, 0) is 65.1 Å². The van der Waals surface area contributed by atoms with Crippen LogP contribution in [0.3, 0.4) is 0 Å². The predicted octanol–water partition coefficient (Wildman–Crippen LogP) is 5.51. The highest BCUT2D eigenvalue weighted by atomic mass is 16.4. The normalized spacial score (nSPS) is 18.4. The first-order chi connectivity index (χ1) is 18.5. The number of carbonyl (C=O) groups is 1. The molecule has 1 saturated carbocycles. The molecule has 2 N–H and O–H groups in total. The summed E-state index contributed by atoms with van der Waals surface area (Å²) in [7, 11) is 0. The van der Waals surface area contributed by atoms with E-state index in [1.807, 2.05) is 18.2 Å². The minimum atomic E-state index is -0.662. The minimum Gasteiger partial charge on any atom is -0.481 e. The zero-order valence-electron chi connectivity index (χ0n) is 22.0. The molecule has 0 saturated heterocycles. The number of aromatic amines is 1. The van der Waals surface area contributed by atoms with Crippen LogP contribution in [-0.2, 0) is 17.8 Å². The third kappa shape index (κ3) is 5.66. The molecule has 5 rings (SSSR count). The molecule has 0 bridgehead atoms. The van der Waals surface area contributed by atoms with Gasteiger partial charge in [0.2, 0.25) is 0 Å². The second-order valence-corrected chi connectivity index (χ2v) is 10.4. The summed E-state index contributed by atoms with van der Waals surface area (Å²) in [4.78, 5) is 16.4. The largest absolute Gasteiger partial charge is 0.481 e. The van der Waals surface area contributed by atoms with Gasteiger partial charge in [0.15, 0.2) is 11.6 Å². The number of aliphatic carboxylic acids is 1. The van der Waals surface area contributed by atoms with E-state index in [-0.39, 0.29) is 11.8 Å². The maximum Gasteiger partial charge on any atom is 0.306 e. The highest BCUT2D eigenvalue weighted by Gasteiger charge is 2.31. The summed E-state index contributed by atoms with van der Waals surface area (Å²) in [5.74, 6) is 2.35. The van der Waals surface area contributed by atoms with E-state index in [1.54, 1.807) is 0 Å². The second kappa shape index (κ2) is 11.7. The molecular weight excluding hydrogens is 478 g/mol. The Morgan fingerprint density at radius 3 is 2.47 bits per heavy atom. The molecule has 9 heteroatoms. The Balaban J connectivity index is 1.36. The Morgan fingerprint density at radius 2 is 1.82 bits per heavy atom. The summed E-state index contributed by atoms with van der Waals surface area (Å²) in [5, 5.41) is 28.7. The van der Waals surface area contributed by atoms with Crippen LogP contribution in [0.5, 0.6) is 0 Å². The van der Waals surface area contributed by atoms with Crippen molar-refractivity contribution < 1.29 is 9.90 Å². The SMILES string of the molecule is CCCCc1nc(C(C)C2CCC(C(=O)O)CC2)n(Cc2ccc(-c3ccccc3-c3nnn[nH]3)cc2)n1. The molecule has 1 unspecified atom stereocenters. The van der Waals surface area contributed by atoms with Gasteiger partial charge in [-0.3, -0.25) is 4.79 Å².